The van der Waals surface area contributed by atoms with Gasteiger partial charge in [-0.1, -0.05) is 6.92 Å². The summed E-state index contributed by atoms with van der Waals surface area (Å²) in [6.45, 7) is 1.59. The minimum Gasteiger partial charge on any atom is -0.372 e. The van der Waals surface area contributed by atoms with E-state index in [2.05, 4.69) is 4.74 Å². The van der Waals surface area contributed by atoms with Crippen molar-refractivity contribution in [3.8, 4) is 0 Å². The molecule has 0 aromatic heterocycles. The van der Waals surface area contributed by atoms with Gasteiger partial charge in [-0.15, -0.1) is 0 Å². The zero-order valence-electron chi connectivity index (χ0n) is 8.14. The van der Waals surface area contributed by atoms with Crippen LogP contribution in [0.3, 0.4) is 0 Å². The van der Waals surface area contributed by atoms with Crippen molar-refractivity contribution in [1.29, 1.82) is 0 Å². The van der Waals surface area contributed by atoms with Crippen LogP contribution >= 0.6 is 11.8 Å². The van der Waals surface area contributed by atoms with Gasteiger partial charge in [0.15, 0.2) is 0 Å². The number of hydrogen-bond donors (Lipinski definition) is 1. The van der Waals surface area contributed by atoms with E-state index in [1.165, 1.54) is 0 Å². The minimum atomic E-state index is -4.21. The number of ether oxygens (including phenoxy) is 1. The van der Waals surface area contributed by atoms with Gasteiger partial charge in [-0.2, -0.15) is 24.9 Å². The summed E-state index contributed by atoms with van der Waals surface area (Å²) in [7, 11) is 0. The summed E-state index contributed by atoms with van der Waals surface area (Å²) < 4.78 is 39.2. The van der Waals surface area contributed by atoms with Gasteiger partial charge in [0.1, 0.15) is 6.61 Å². The van der Waals surface area contributed by atoms with Crippen molar-refractivity contribution in [2.75, 3.05) is 25.5 Å². The normalized spacial score (nSPS) is 14.4. The zero-order valence-corrected chi connectivity index (χ0v) is 8.96. The van der Waals surface area contributed by atoms with Gasteiger partial charge in [-0.3, -0.25) is 0 Å². The van der Waals surface area contributed by atoms with E-state index >= 15 is 0 Å². The van der Waals surface area contributed by atoms with Crippen molar-refractivity contribution < 1.29 is 17.9 Å². The number of rotatable bonds is 7. The van der Waals surface area contributed by atoms with Crippen LogP contribution in [0.15, 0.2) is 0 Å². The predicted molar refractivity (Wildman–Crippen MR) is 52.5 cm³/mol. The highest BCUT2D eigenvalue weighted by Gasteiger charge is 2.27. The standard InChI is InChI=1S/C8H16F3NOS/c1-7(5-12)14-4-2-3-13-6-8(9,10)11/h7H,2-6,12H2,1H3. The number of halogens is 3. The third-order valence-electron chi connectivity index (χ3n) is 1.43. The first-order valence-corrected chi connectivity index (χ1v) is 5.46. The molecule has 2 nitrogen and oxygen atoms in total. The molecular weight excluding hydrogens is 215 g/mol. The van der Waals surface area contributed by atoms with E-state index in [1.807, 2.05) is 6.92 Å². The molecule has 14 heavy (non-hydrogen) atoms. The van der Waals surface area contributed by atoms with Gasteiger partial charge in [-0.05, 0) is 12.2 Å². The average molecular weight is 231 g/mol. The van der Waals surface area contributed by atoms with Crippen LogP contribution in [0.5, 0.6) is 0 Å². The molecule has 1 atom stereocenters. The molecule has 0 aliphatic carbocycles. The van der Waals surface area contributed by atoms with Gasteiger partial charge in [0.25, 0.3) is 0 Å². The summed E-state index contributed by atoms with van der Waals surface area (Å²) >= 11 is 1.65. The Morgan fingerprint density at radius 3 is 2.57 bits per heavy atom. The van der Waals surface area contributed by atoms with Crippen molar-refractivity contribution in [2.45, 2.75) is 24.8 Å². The van der Waals surface area contributed by atoms with E-state index in [-0.39, 0.29) is 6.61 Å². The number of thioether (sulfide) groups is 1. The second-order valence-electron chi connectivity index (χ2n) is 2.94. The molecule has 0 radical (unpaired) electrons. The van der Waals surface area contributed by atoms with E-state index in [0.29, 0.717) is 18.2 Å². The van der Waals surface area contributed by atoms with Crippen LogP contribution < -0.4 is 5.73 Å². The van der Waals surface area contributed by atoms with Crippen LogP contribution in [-0.4, -0.2) is 36.9 Å². The Balaban J connectivity index is 3.14. The Morgan fingerprint density at radius 2 is 2.07 bits per heavy atom. The monoisotopic (exact) mass is 231 g/mol. The fourth-order valence-electron chi connectivity index (χ4n) is 0.701. The highest BCUT2D eigenvalue weighted by atomic mass is 32.2. The lowest BCUT2D eigenvalue weighted by molar-refractivity contribution is -0.173. The van der Waals surface area contributed by atoms with E-state index in [1.54, 1.807) is 11.8 Å². The maximum atomic E-state index is 11.6. The van der Waals surface area contributed by atoms with Gasteiger partial charge in [0, 0.05) is 18.4 Å². The summed E-state index contributed by atoms with van der Waals surface area (Å²) in [5.41, 5.74) is 5.37. The molecule has 0 aromatic carbocycles. The van der Waals surface area contributed by atoms with Crippen LogP contribution in [-0.2, 0) is 4.74 Å². The Kier molecular flexibility index (Phi) is 7.40. The van der Waals surface area contributed by atoms with Crippen molar-refractivity contribution >= 4 is 11.8 Å². The molecule has 0 aliphatic rings. The first-order valence-electron chi connectivity index (χ1n) is 4.42. The summed E-state index contributed by atoms with van der Waals surface area (Å²) in [4.78, 5) is 0. The molecule has 0 aliphatic heterocycles. The lowest BCUT2D eigenvalue weighted by atomic mass is 10.5. The van der Waals surface area contributed by atoms with Crippen molar-refractivity contribution in [2.24, 2.45) is 5.73 Å². The molecule has 0 spiro atoms. The third-order valence-corrected chi connectivity index (χ3v) is 2.72. The van der Waals surface area contributed by atoms with Gasteiger partial charge < -0.3 is 10.5 Å². The molecule has 2 N–H and O–H groups in total. The smallest absolute Gasteiger partial charge is 0.372 e. The molecule has 0 saturated heterocycles. The molecule has 0 rings (SSSR count). The lowest BCUT2D eigenvalue weighted by Crippen LogP contribution is -2.18. The van der Waals surface area contributed by atoms with Crippen LogP contribution in [0, 0.1) is 0 Å². The SMILES string of the molecule is CC(CN)SCCCOCC(F)(F)F. The average Bonchev–Trinajstić information content (AvgIpc) is 2.08. The second kappa shape index (κ2) is 7.36. The Bertz CT molecular complexity index is 143. The van der Waals surface area contributed by atoms with Gasteiger partial charge in [-0.25, -0.2) is 0 Å². The Hall–Kier alpha value is 0.0600. The molecule has 1 unspecified atom stereocenters. The number of alkyl halides is 3. The molecule has 0 amide bonds. The Morgan fingerprint density at radius 1 is 1.43 bits per heavy atom. The first-order chi connectivity index (χ1) is 6.45. The van der Waals surface area contributed by atoms with Gasteiger partial charge in [0.05, 0.1) is 0 Å². The second-order valence-corrected chi connectivity index (χ2v) is 4.48. The maximum absolute atomic E-state index is 11.6. The van der Waals surface area contributed by atoms with E-state index in [4.69, 9.17) is 5.73 Å². The number of hydrogen-bond acceptors (Lipinski definition) is 3. The molecule has 0 saturated carbocycles. The fourth-order valence-corrected chi connectivity index (χ4v) is 1.52. The zero-order chi connectivity index (χ0) is 11.0. The van der Waals surface area contributed by atoms with Gasteiger partial charge >= 0.3 is 6.18 Å². The summed E-state index contributed by atoms with van der Waals surface area (Å²) in [6.07, 6.45) is -3.58. The topological polar surface area (TPSA) is 35.2 Å². The summed E-state index contributed by atoms with van der Waals surface area (Å²) in [5, 5.41) is 0.359. The summed E-state index contributed by atoms with van der Waals surface area (Å²) in [5.74, 6) is 0.788. The van der Waals surface area contributed by atoms with Crippen LogP contribution in [0.2, 0.25) is 0 Å². The molecule has 0 bridgehead atoms. The molecule has 0 heterocycles. The van der Waals surface area contributed by atoms with E-state index in [9.17, 15) is 13.2 Å². The predicted octanol–water partition coefficient (Wildman–Crippen LogP) is 2.04. The van der Waals surface area contributed by atoms with Crippen molar-refractivity contribution in [1.82, 2.24) is 0 Å². The Labute approximate surface area is 86.4 Å². The van der Waals surface area contributed by atoms with Crippen LogP contribution in [0.25, 0.3) is 0 Å². The van der Waals surface area contributed by atoms with E-state index in [0.717, 1.165) is 5.75 Å². The number of nitrogens with two attached hydrogens (primary N) is 1. The molecule has 0 aromatic rings. The highest BCUT2D eigenvalue weighted by molar-refractivity contribution is 7.99. The van der Waals surface area contributed by atoms with Gasteiger partial charge in [0.2, 0.25) is 0 Å². The lowest BCUT2D eigenvalue weighted by Gasteiger charge is -2.09. The molecule has 86 valence electrons. The van der Waals surface area contributed by atoms with Crippen LogP contribution in [0.4, 0.5) is 13.2 Å². The fraction of sp³-hybridized carbons (Fsp3) is 1.00. The summed E-state index contributed by atoms with van der Waals surface area (Å²) in [6, 6.07) is 0. The van der Waals surface area contributed by atoms with Crippen molar-refractivity contribution in [3.63, 3.8) is 0 Å². The van der Waals surface area contributed by atoms with E-state index < -0.39 is 12.8 Å². The van der Waals surface area contributed by atoms with Crippen LogP contribution in [0.1, 0.15) is 13.3 Å². The largest absolute Gasteiger partial charge is 0.411 e. The first kappa shape index (κ1) is 14.1. The molecular formula is C8H16F3NOS. The minimum absolute atomic E-state index is 0.157. The highest BCUT2D eigenvalue weighted by Crippen LogP contribution is 2.15. The maximum Gasteiger partial charge on any atom is 0.411 e. The molecule has 0 fully saturated rings. The molecule has 6 heteroatoms. The quantitative estimate of drug-likeness (QED) is 0.681. The van der Waals surface area contributed by atoms with Crippen molar-refractivity contribution in [3.05, 3.63) is 0 Å². The third kappa shape index (κ3) is 10.1.